The quantitative estimate of drug-likeness (QED) is 0.614. The van der Waals surface area contributed by atoms with Crippen molar-refractivity contribution in [3.8, 4) is 0 Å². The summed E-state index contributed by atoms with van der Waals surface area (Å²) in [5.74, 6) is 2.38. The Morgan fingerprint density at radius 3 is 2.83 bits per heavy atom. The minimum atomic E-state index is 0.0988. The van der Waals surface area contributed by atoms with Gasteiger partial charge in [-0.05, 0) is 30.6 Å². The first kappa shape index (κ1) is 7.84. The molecule has 1 amide bonds. The highest BCUT2D eigenvalue weighted by Gasteiger charge is 2.35. The third-order valence-corrected chi connectivity index (χ3v) is 3.03. The second kappa shape index (κ2) is 2.92. The van der Waals surface area contributed by atoms with Gasteiger partial charge in [0.15, 0.2) is 0 Å². The van der Waals surface area contributed by atoms with Gasteiger partial charge in [0.2, 0.25) is 5.91 Å². The summed E-state index contributed by atoms with van der Waals surface area (Å²) in [6.45, 7) is 2.46. The number of carbonyl (C=O) groups excluding carboxylic acids is 1. The molecule has 1 fully saturated rings. The van der Waals surface area contributed by atoms with Crippen LogP contribution in [0.15, 0.2) is 12.2 Å². The van der Waals surface area contributed by atoms with E-state index in [0.717, 1.165) is 18.4 Å². The first-order chi connectivity index (χ1) is 5.75. The molecule has 2 aliphatic rings. The van der Waals surface area contributed by atoms with Crippen LogP contribution in [0.4, 0.5) is 0 Å². The number of hydrogen-bond donors (Lipinski definition) is 1. The van der Waals surface area contributed by atoms with Gasteiger partial charge >= 0.3 is 0 Å². The van der Waals surface area contributed by atoms with Crippen molar-refractivity contribution in [3.63, 3.8) is 0 Å². The fraction of sp³-hybridized carbons (Fsp3) is 0.700. The van der Waals surface area contributed by atoms with Crippen LogP contribution in [0.2, 0.25) is 0 Å². The predicted octanol–water partition coefficient (Wildman–Crippen LogP) is 1.33. The van der Waals surface area contributed by atoms with Crippen molar-refractivity contribution in [3.05, 3.63) is 12.2 Å². The van der Waals surface area contributed by atoms with E-state index in [0.29, 0.717) is 5.92 Å². The van der Waals surface area contributed by atoms with Crippen molar-refractivity contribution in [2.75, 3.05) is 6.54 Å². The van der Waals surface area contributed by atoms with E-state index in [1.54, 1.807) is 6.92 Å². The van der Waals surface area contributed by atoms with Crippen molar-refractivity contribution in [2.45, 2.75) is 19.8 Å². The molecule has 2 bridgehead atoms. The zero-order chi connectivity index (χ0) is 8.55. The van der Waals surface area contributed by atoms with Gasteiger partial charge in [-0.3, -0.25) is 4.79 Å². The van der Waals surface area contributed by atoms with Gasteiger partial charge in [0.25, 0.3) is 0 Å². The van der Waals surface area contributed by atoms with Crippen molar-refractivity contribution in [2.24, 2.45) is 17.8 Å². The van der Waals surface area contributed by atoms with Crippen LogP contribution in [-0.2, 0) is 4.79 Å². The highest BCUT2D eigenvalue weighted by atomic mass is 16.1. The number of rotatable bonds is 2. The van der Waals surface area contributed by atoms with Crippen LogP contribution < -0.4 is 5.32 Å². The summed E-state index contributed by atoms with van der Waals surface area (Å²) in [5.41, 5.74) is 0. The Balaban J connectivity index is 1.83. The van der Waals surface area contributed by atoms with Crippen LogP contribution >= 0.6 is 0 Å². The molecule has 0 aromatic rings. The van der Waals surface area contributed by atoms with Gasteiger partial charge in [-0.1, -0.05) is 12.2 Å². The number of fused-ring (bicyclic) bond motifs is 2. The van der Waals surface area contributed by atoms with E-state index in [1.807, 2.05) is 0 Å². The second-order valence-corrected chi connectivity index (χ2v) is 3.98. The Hall–Kier alpha value is -0.790. The Bertz CT molecular complexity index is 222. The molecule has 12 heavy (non-hydrogen) atoms. The summed E-state index contributed by atoms with van der Waals surface area (Å²) in [6.07, 6.45) is 7.25. The monoisotopic (exact) mass is 165 g/mol. The molecule has 2 aliphatic carbocycles. The van der Waals surface area contributed by atoms with Crippen LogP contribution in [-0.4, -0.2) is 12.5 Å². The van der Waals surface area contributed by atoms with Crippen LogP contribution in [0.1, 0.15) is 19.8 Å². The van der Waals surface area contributed by atoms with E-state index in [-0.39, 0.29) is 5.91 Å². The molecule has 2 nitrogen and oxygen atoms in total. The topological polar surface area (TPSA) is 29.1 Å². The lowest BCUT2D eigenvalue weighted by atomic mass is 9.94. The zero-order valence-corrected chi connectivity index (χ0v) is 7.42. The van der Waals surface area contributed by atoms with Crippen molar-refractivity contribution >= 4 is 5.91 Å². The third kappa shape index (κ3) is 1.38. The molecule has 0 spiro atoms. The Kier molecular flexibility index (Phi) is 1.91. The molecular formula is C10H15NO. The van der Waals surface area contributed by atoms with E-state index in [9.17, 15) is 4.79 Å². The predicted molar refractivity (Wildman–Crippen MR) is 47.5 cm³/mol. The second-order valence-electron chi connectivity index (χ2n) is 3.98. The highest BCUT2D eigenvalue weighted by molar-refractivity contribution is 5.72. The maximum atomic E-state index is 10.7. The van der Waals surface area contributed by atoms with Crippen molar-refractivity contribution < 1.29 is 4.79 Å². The van der Waals surface area contributed by atoms with E-state index in [4.69, 9.17) is 0 Å². The van der Waals surface area contributed by atoms with E-state index < -0.39 is 0 Å². The van der Waals surface area contributed by atoms with E-state index in [1.165, 1.54) is 12.8 Å². The van der Waals surface area contributed by atoms with Gasteiger partial charge < -0.3 is 5.32 Å². The molecule has 2 heteroatoms. The highest BCUT2D eigenvalue weighted by Crippen LogP contribution is 2.42. The Morgan fingerprint density at radius 2 is 2.33 bits per heavy atom. The molecule has 0 heterocycles. The summed E-state index contributed by atoms with van der Waals surface area (Å²) in [7, 11) is 0. The van der Waals surface area contributed by atoms with Crippen LogP contribution in [0.5, 0.6) is 0 Å². The maximum absolute atomic E-state index is 10.7. The van der Waals surface area contributed by atoms with Gasteiger partial charge in [0.1, 0.15) is 0 Å². The van der Waals surface area contributed by atoms with Gasteiger partial charge in [0, 0.05) is 13.5 Å². The van der Waals surface area contributed by atoms with Crippen LogP contribution in [0, 0.1) is 17.8 Å². The fourth-order valence-corrected chi connectivity index (χ4v) is 2.40. The molecule has 0 radical (unpaired) electrons. The van der Waals surface area contributed by atoms with Crippen molar-refractivity contribution in [1.29, 1.82) is 0 Å². The molecule has 0 aliphatic heterocycles. The van der Waals surface area contributed by atoms with E-state index >= 15 is 0 Å². The molecule has 2 rings (SSSR count). The third-order valence-electron chi connectivity index (χ3n) is 3.03. The SMILES string of the molecule is CC(=O)NC[C@@H]1CC2C=CC1C2. The van der Waals surface area contributed by atoms with Crippen LogP contribution in [0.3, 0.4) is 0 Å². The van der Waals surface area contributed by atoms with Gasteiger partial charge in [-0.15, -0.1) is 0 Å². The zero-order valence-electron chi connectivity index (χ0n) is 7.42. The first-order valence-corrected chi connectivity index (χ1v) is 4.68. The summed E-state index contributed by atoms with van der Waals surface area (Å²) in [5, 5.41) is 2.90. The smallest absolute Gasteiger partial charge is 0.216 e. The molecular weight excluding hydrogens is 150 g/mol. The molecule has 3 atom stereocenters. The molecule has 0 aromatic carbocycles. The average molecular weight is 165 g/mol. The summed E-state index contributed by atoms with van der Waals surface area (Å²) >= 11 is 0. The first-order valence-electron chi connectivity index (χ1n) is 4.68. The number of amides is 1. The molecule has 0 aromatic heterocycles. The summed E-state index contributed by atoms with van der Waals surface area (Å²) < 4.78 is 0. The lowest BCUT2D eigenvalue weighted by molar-refractivity contribution is -0.119. The largest absolute Gasteiger partial charge is 0.356 e. The minimum absolute atomic E-state index is 0.0988. The number of carbonyl (C=O) groups is 1. The van der Waals surface area contributed by atoms with Crippen LogP contribution in [0.25, 0.3) is 0 Å². The van der Waals surface area contributed by atoms with Crippen molar-refractivity contribution in [1.82, 2.24) is 5.32 Å². The average Bonchev–Trinajstić information content (AvgIpc) is 2.60. The summed E-state index contributed by atoms with van der Waals surface area (Å²) in [6, 6.07) is 0. The summed E-state index contributed by atoms with van der Waals surface area (Å²) in [4.78, 5) is 10.7. The lowest BCUT2D eigenvalue weighted by Crippen LogP contribution is -2.28. The Morgan fingerprint density at radius 1 is 1.50 bits per heavy atom. The van der Waals surface area contributed by atoms with Gasteiger partial charge in [-0.25, -0.2) is 0 Å². The van der Waals surface area contributed by atoms with Gasteiger partial charge in [-0.2, -0.15) is 0 Å². The number of hydrogen-bond acceptors (Lipinski definition) is 1. The molecule has 1 N–H and O–H groups in total. The van der Waals surface area contributed by atoms with Gasteiger partial charge in [0.05, 0.1) is 0 Å². The number of nitrogens with one attached hydrogen (secondary N) is 1. The molecule has 2 unspecified atom stereocenters. The standard InChI is InChI=1S/C10H15NO/c1-7(12)11-6-10-5-8-2-3-9(10)4-8/h2-3,8-10H,4-6H2,1H3,(H,11,12)/t8?,9?,10-/m0/s1. The minimum Gasteiger partial charge on any atom is -0.356 e. The Labute approximate surface area is 73.0 Å². The lowest BCUT2D eigenvalue weighted by Gasteiger charge is -2.17. The molecule has 0 saturated heterocycles. The fourth-order valence-electron chi connectivity index (χ4n) is 2.40. The molecule has 1 saturated carbocycles. The molecule has 66 valence electrons. The normalized spacial score (nSPS) is 37.2. The number of allylic oxidation sites excluding steroid dienone is 2. The van der Waals surface area contributed by atoms with E-state index in [2.05, 4.69) is 17.5 Å². The maximum Gasteiger partial charge on any atom is 0.216 e.